The van der Waals surface area contributed by atoms with Crippen molar-refractivity contribution in [2.45, 2.75) is 85.7 Å². The van der Waals surface area contributed by atoms with Crippen LogP contribution in [0.15, 0.2) is 12.1 Å². The second kappa shape index (κ2) is 7.69. The molecule has 0 aromatic heterocycles. The summed E-state index contributed by atoms with van der Waals surface area (Å²) in [6.07, 6.45) is 0.400. The summed E-state index contributed by atoms with van der Waals surface area (Å²) in [7, 11) is 0. The number of carbonyl (C=O) groups is 2. The van der Waals surface area contributed by atoms with Crippen molar-refractivity contribution >= 4 is 11.8 Å². The normalized spacial score (nSPS) is 13.5. The molecule has 0 saturated heterocycles. The molecule has 25 heavy (non-hydrogen) atoms. The molecule has 0 bridgehead atoms. The number of aryl methyl sites for hydroxylation is 2. The van der Waals surface area contributed by atoms with Crippen molar-refractivity contribution in [3.63, 3.8) is 0 Å². The van der Waals surface area contributed by atoms with E-state index in [0.29, 0.717) is 12.2 Å². The molecule has 4 heteroatoms. The van der Waals surface area contributed by atoms with Gasteiger partial charge in [0.05, 0.1) is 0 Å². The van der Waals surface area contributed by atoms with Crippen molar-refractivity contribution in [2.24, 2.45) is 0 Å². The summed E-state index contributed by atoms with van der Waals surface area (Å²) in [4.78, 5) is 24.3. The molecule has 4 nitrogen and oxygen atoms in total. The highest BCUT2D eigenvalue weighted by atomic mass is 16.5. The molecular weight excluding hydrogens is 314 g/mol. The zero-order valence-corrected chi connectivity index (χ0v) is 17.2. The van der Waals surface area contributed by atoms with E-state index < -0.39 is 11.5 Å². The summed E-state index contributed by atoms with van der Waals surface area (Å²) >= 11 is 0. The maximum absolute atomic E-state index is 12.6. The Kier molecular flexibility index (Phi) is 6.57. The first kappa shape index (κ1) is 21.4. The Labute approximate surface area is 152 Å². The minimum Gasteiger partial charge on any atom is -0.425 e. The van der Waals surface area contributed by atoms with Crippen LogP contribution in [0.2, 0.25) is 0 Å². The van der Waals surface area contributed by atoms with E-state index >= 15 is 0 Å². The highest BCUT2D eigenvalue weighted by molar-refractivity contribution is 5.80. The van der Waals surface area contributed by atoms with Crippen LogP contribution in [0.25, 0.3) is 0 Å². The number of nitrogens with one attached hydrogen (secondary N) is 1. The van der Waals surface area contributed by atoms with Crippen LogP contribution in [0.5, 0.6) is 5.75 Å². The highest BCUT2D eigenvalue weighted by Crippen LogP contribution is 2.38. The van der Waals surface area contributed by atoms with Gasteiger partial charge in [0.15, 0.2) is 0 Å². The fourth-order valence-electron chi connectivity index (χ4n) is 3.49. The van der Waals surface area contributed by atoms with Gasteiger partial charge in [0.1, 0.15) is 17.6 Å². The molecule has 0 aliphatic heterocycles. The molecule has 140 valence electrons. The van der Waals surface area contributed by atoms with Crippen molar-refractivity contribution in [3.05, 3.63) is 28.8 Å². The average molecular weight is 347 g/mol. The van der Waals surface area contributed by atoms with Crippen LogP contribution in [0.4, 0.5) is 0 Å². The predicted molar refractivity (Wildman–Crippen MR) is 102 cm³/mol. The molecule has 0 amide bonds. The summed E-state index contributed by atoms with van der Waals surface area (Å²) in [5.41, 5.74) is 2.40. The van der Waals surface area contributed by atoms with Crippen LogP contribution >= 0.6 is 0 Å². The zero-order valence-electron chi connectivity index (χ0n) is 17.2. The van der Waals surface area contributed by atoms with Crippen molar-refractivity contribution in [3.8, 4) is 5.75 Å². The minimum atomic E-state index is -0.426. The topological polar surface area (TPSA) is 55.4 Å². The van der Waals surface area contributed by atoms with Crippen LogP contribution in [-0.2, 0) is 15.0 Å². The van der Waals surface area contributed by atoms with E-state index in [1.807, 2.05) is 54.5 Å². The zero-order chi connectivity index (χ0) is 19.6. The Morgan fingerprint density at radius 2 is 1.68 bits per heavy atom. The first-order chi connectivity index (χ1) is 11.2. The molecule has 0 aliphatic carbocycles. The van der Waals surface area contributed by atoms with Crippen LogP contribution in [0.1, 0.15) is 71.6 Å². The largest absolute Gasteiger partial charge is 0.425 e. The summed E-state index contributed by atoms with van der Waals surface area (Å²) in [5, 5.41) is 3.23. The SMILES string of the molecule is CC(=O)CC(C)(C)c1c(C)cc(C)cc1OC(=O)C(C)NC(C)(C)C. The van der Waals surface area contributed by atoms with Gasteiger partial charge in [-0.1, -0.05) is 19.9 Å². The molecule has 0 fully saturated rings. The number of hydrogen-bond acceptors (Lipinski definition) is 4. The Balaban J connectivity index is 3.22. The molecule has 1 aromatic rings. The standard InChI is InChI=1S/C21H33NO3/c1-13-10-14(2)18(21(8,9)12-15(3)23)17(11-13)25-19(24)16(4)22-20(5,6)7/h10-11,16,22H,12H2,1-9H3. The molecule has 0 aliphatic rings. The lowest BCUT2D eigenvalue weighted by molar-refractivity contribution is -0.136. The van der Waals surface area contributed by atoms with Gasteiger partial charge in [-0.15, -0.1) is 0 Å². The lowest BCUT2D eigenvalue weighted by atomic mass is 9.77. The van der Waals surface area contributed by atoms with Gasteiger partial charge in [0, 0.05) is 22.9 Å². The fourth-order valence-corrected chi connectivity index (χ4v) is 3.49. The molecule has 0 saturated carbocycles. The van der Waals surface area contributed by atoms with Gasteiger partial charge < -0.3 is 4.74 Å². The first-order valence-electron chi connectivity index (χ1n) is 8.83. The summed E-state index contributed by atoms with van der Waals surface area (Å²) in [6.45, 7) is 17.4. The van der Waals surface area contributed by atoms with E-state index in [-0.39, 0.29) is 17.3 Å². The maximum atomic E-state index is 12.6. The maximum Gasteiger partial charge on any atom is 0.328 e. The van der Waals surface area contributed by atoms with Crippen molar-refractivity contribution in [1.82, 2.24) is 5.32 Å². The Morgan fingerprint density at radius 1 is 1.12 bits per heavy atom. The van der Waals surface area contributed by atoms with Gasteiger partial charge in [-0.2, -0.15) is 0 Å². The van der Waals surface area contributed by atoms with E-state index in [0.717, 1.165) is 16.7 Å². The van der Waals surface area contributed by atoms with Gasteiger partial charge in [-0.3, -0.25) is 10.1 Å². The highest BCUT2D eigenvalue weighted by Gasteiger charge is 2.30. The van der Waals surface area contributed by atoms with E-state index in [1.54, 1.807) is 13.8 Å². The minimum absolute atomic E-state index is 0.116. The smallest absolute Gasteiger partial charge is 0.328 e. The lowest BCUT2D eigenvalue weighted by Crippen LogP contribution is -2.47. The Bertz CT molecular complexity index is 654. The number of esters is 1. The van der Waals surface area contributed by atoms with Crippen molar-refractivity contribution < 1.29 is 14.3 Å². The molecule has 1 unspecified atom stereocenters. The van der Waals surface area contributed by atoms with Gasteiger partial charge in [-0.05, 0) is 65.7 Å². The van der Waals surface area contributed by atoms with Gasteiger partial charge >= 0.3 is 5.97 Å². The Morgan fingerprint density at radius 3 is 2.16 bits per heavy atom. The van der Waals surface area contributed by atoms with Crippen LogP contribution in [0, 0.1) is 13.8 Å². The second-order valence-corrected chi connectivity index (χ2v) is 8.75. The molecule has 1 N–H and O–H groups in total. The molecule has 0 heterocycles. The van der Waals surface area contributed by atoms with Crippen molar-refractivity contribution in [1.29, 1.82) is 0 Å². The van der Waals surface area contributed by atoms with Crippen LogP contribution < -0.4 is 10.1 Å². The van der Waals surface area contributed by atoms with Crippen LogP contribution in [-0.4, -0.2) is 23.3 Å². The number of Topliss-reactive ketones (excluding diaryl/α,β-unsaturated/α-hetero) is 1. The molecule has 0 spiro atoms. The molecule has 1 atom stereocenters. The number of benzene rings is 1. The number of ketones is 1. The molecule has 1 rings (SSSR count). The van der Waals surface area contributed by atoms with Crippen molar-refractivity contribution in [2.75, 3.05) is 0 Å². The number of carbonyl (C=O) groups excluding carboxylic acids is 2. The number of rotatable bonds is 6. The summed E-state index contributed by atoms with van der Waals surface area (Å²) < 4.78 is 5.77. The number of ether oxygens (including phenoxy) is 1. The van der Waals surface area contributed by atoms with E-state index in [9.17, 15) is 9.59 Å². The van der Waals surface area contributed by atoms with E-state index in [1.165, 1.54) is 0 Å². The predicted octanol–water partition coefficient (Wildman–Crippen LogP) is 4.24. The number of hydrogen-bond donors (Lipinski definition) is 1. The van der Waals surface area contributed by atoms with Gasteiger partial charge in [0.2, 0.25) is 0 Å². The molecule has 1 aromatic carbocycles. The Hall–Kier alpha value is -1.68. The van der Waals surface area contributed by atoms with E-state index in [2.05, 4.69) is 11.4 Å². The van der Waals surface area contributed by atoms with Gasteiger partial charge in [-0.25, -0.2) is 4.79 Å². The average Bonchev–Trinajstić information content (AvgIpc) is 2.32. The van der Waals surface area contributed by atoms with Crippen LogP contribution in [0.3, 0.4) is 0 Å². The van der Waals surface area contributed by atoms with E-state index in [4.69, 9.17) is 4.74 Å². The monoisotopic (exact) mass is 347 g/mol. The first-order valence-corrected chi connectivity index (χ1v) is 8.83. The third kappa shape index (κ3) is 6.28. The molecule has 0 radical (unpaired) electrons. The lowest BCUT2D eigenvalue weighted by Gasteiger charge is -2.30. The summed E-state index contributed by atoms with van der Waals surface area (Å²) in [6, 6.07) is 3.52. The van der Waals surface area contributed by atoms with Gasteiger partial charge in [0.25, 0.3) is 0 Å². The quantitative estimate of drug-likeness (QED) is 0.618. The third-order valence-corrected chi connectivity index (χ3v) is 4.02. The third-order valence-electron chi connectivity index (χ3n) is 4.02. The fraction of sp³-hybridized carbons (Fsp3) is 0.619. The summed E-state index contributed by atoms with van der Waals surface area (Å²) in [5.74, 6) is 0.348. The second-order valence-electron chi connectivity index (χ2n) is 8.75. The molecular formula is C21H33NO3.